The van der Waals surface area contributed by atoms with E-state index < -0.39 is 18.2 Å². The fourth-order valence-electron chi connectivity index (χ4n) is 5.96. The number of carboxylic acid groups (broad SMARTS) is 1. The number of carboxylic acids is 1. The molecule has 0 spiro atoms. The van der Waals surface area contributed by atoms with Crippen LogP contribution >= 0.6 is 0 Å². The van der Waals surface area contributed by atoms with Gasteiger partial charge in [-0.2, -0.15) is 0 Å². The summed E-state index contributed by atoms with van der Waals surface area (Å²) in [6.07, 6.45) is 3.69. The highest BCUT2D eigenvalue weighted by Gasteiger charge is 2.34. The number of aliphatic hydroxyl groups excluding tert-OH is 1. The van der Waals surface area contributed by atoms with Crippen LogP contribution < -0.4 is 4.90 Å². The molecule has 0 bridgehead atoms. The number of methoxy groups -OCH3 is 1. The molecule has 0 radical (unpaired) electrons. The Bertz CT molecular complexity index is 1270. The number of aliphatic carboxylic acids is 1. The summed E-state index contributed by atoms with van der Waals surface area (Å²) in [5, 5.41) is 20.8. The molecule has 8 heteroatoms. The maximum absolute atomic E-state index is 12.6. The van der Waals surface area contributed by atoms with E-state index in [0.717, 1.165) is 59.4 Å². The zero-order valence-corrected chi connectivity index (χ0v) is 20.8. The molecular formula is C28H33N3O5. The van der Waals surface area contributed by atoms with E-state index in [1.165, 1.54) is 7.11 Å². The third kappa shape index (κ3) is 4.34. The molecule has 2 heterocycles. The Morgan fingerprint density at radius 1 is 1.14 bits per heavy atom. The molecule has 5 rings (SSSR count). The summed E-state index contributed by atoms with van der Waals surface area (Å²) >= 11 is 0. The van der Waals surface area contributed by atoms with Gasteiger partial charge in [0.15, 0.2) is 0 Å². The van der Waals surface area contributed by atoms with E-state index in [-0.39, 0.29) is 18.0 Å². The van der Waals surface area contributed by atoms with Crippen molar-refractivity contribution in [1.82, 2.24) is 9.55 Å². The van der Waals surface area contributed by atoms with Gasteiger partial charge < -0.3 is 19.5 Å². The quantitative estimate of drug-likeness (QED) is 0.518. The second kappa shape index (κ2) is 9.93. The monoisotopic (exact) mass is 491 g/mol. The summed E-state index contributed by atoms with van der Waals surface area (Å²) in [6.45, 7) is 2.01. The first-order valence-corrected chi connectivity index (χ1v) is 12.7. The van der Waals surface area contributed by atoms with E-state index in [1.54, 1.807) is 4.90 Å². The number of nitrogens with zero attached hydrogens (tertiary/aromatic N) is 3. The molecule has 0 unspecified atom stereocenters. The van der Waals surface area contributed by atoms with Gasteiger partial charge in [0.25, 0.3) is 0 Å². The third-order valence-electron chi connectivity index (χ3n) is 7.82. The summed E-state index contributed by atoms with van der Waals surface area (Å²) in [6, 6.07) is 13.5. The average Bonchev–Trinajstić information content (AvgIpc) is 3.26. The highest BCUT2D eigenvalue weighted by atomic mass is 16.5. The largest absolute Gasteiger partial charge is 0.481 e. The summed E-state index contributed by atoms with van der Waals surface area (Å²) in [5.41, 5.74) is 4.37. The fourth-order valence-corrected chi connectivity index (χ4v) is 5.96. The van der Waals surface area contributed by atoms with Gasteiger partial charge in [-0.15, -0.1) is 0 Å². The molecule has 8 nitrogen and oxygen atoms in total. The molecule has 2 aromatic carbocycles. The number of fused-ring (bicyclic) bond motifs is 3. The number of anilines is 1. The van der Waals surface area contributed by atoms with Crippen molar-refractivity contribution < 1.29 is 24.5 Å². The number of imidazole rings is 1. The Morgan fingerprint density at radius 3 is 2.64 bits per heavy atom. The molecule has 1 fully saturated rings. The first kappa shape index (κ1) is 24.3. The molecular weight excluding hydrogens is 458 g/mol. The van der Waals surface area contributed by atoms with Crippen LogP contribution in [0.25, 0.3) is 11.0 Å². The molecule has 1 amide bonds. The Kier molecular flexibility index (Phi) is 6.71. The lowest BCUT2D eigenvalue weighted by atomic mass is 9.85. The Balaban J connectivity index is 1.63. The molecule has 4 atom stereocenters. The van der Waals surface area contributed by atoms with Gasteiger partial charge in [0.1, 0.15) is 5.82 Å². The van der Waals surface area contributed by atoms with Gasteiger partial charge >= 0.3 is 12.1 Å². The lowest BCUT2D eigenvalue weighted by molar-refractivity contribution is -0.143. The number of benzene rings is 2. The minimum atomic E-state index is -0.755. The molecule has 36 heavy (non-hydrogen) atoms. The van der Waals surface area contributed by atoms with Gasteiger partial charge in [-0.3, -0.25) is 9.69 Å². The zero-order chi connectivity index (χ0) is 25.4. The van der Waals surface area contributed by atoms with Gasteiger partial charge in [-0.25, -0.2) is 9.78 Å². The smallest absolute Gasteiger partial charge is 0.414 e. The highest BCUT2D eigenvalue weighted by molar-refractivity contribution is 5.95. The normalized spacial score (nSPS) is 22.8. The van der Waals surface area contributed by atoms with Crippen LogP contribution in [0.2, 0.25) is 0 Å². The average molecular weight is 492 g/mol. The van der Waals surface area contributed by atoms with Crippen LogP contribution in [-0.2, 0) is 22.4 Å². The van der Waals surface area contributed by atoms with Gasteiger partial charge in [0.05, 0.1) is 35.9 Å². The summed E-state index contributed by atoms with van der Waals surface area (Å²) in [4.78, 5) is 31.2. The lowest BCUT2D eigenvalue weighted by Gasteiger charge is -2.34. The molecule has 190 valence electrons. The molecule has 0 saturated heterocycles. The summed E-state index contributed by atoms with van der Waals surface area (Å²) in [5.74, 6) is -0.398. The molecule has 1 aromatic heterocycles. The molecule has 2 N–H and O–H groups in total. The van der Waals surface area contributed by atoms with Gasteiger partial charge in [-0.05, 0) is 56.7 Å². The number of hydrogen-bond acceptors (Lipinski definition) is 5. The van der Waals surface area contributed by atoms with Crippen molar-refractivity contribution in [3.8, 4) is 0 Å². The van der Waals surface area contributed by atoms with E-state index in [0.29, 0.717) is 19.3 Å². The molecule has 2 aliphatic rings. The maximum Gasteiger partial charge on any atom is 0.414 e. The first-order chi connectivity index (χ1) is 17.4. The number of aryl methyl sites for hydroxylation is 1. The number of amides is 1. The van der Waals surface area contributed by atoms with Crippen molar-refractivity contribution in [2.24, 2.45) is 5.92 Å². The van der Waals surface area contributed by atoms with Crippen molar-refractivity contribution in [1.29, 1.82) is 0 Å². The molecule has 1 aliphatic carbocycles. The molecule has 3 aromatic rings. The minimum absolute atomic E-state index is 0.0125. The SMILES string of the molecule is COC(=O)N1c2ccc3c(nc(C[C@H](O)c4ccccc4)n3[C@@H]3CCC[C@@H](C(=O)O)C3)c2CC[C@@H]1C. The van der Waals surface area contributed by atoms with Crippen LogP contribution in [0.4, 0.5) is 10.5 Å². The van der Waals surface area contributed by atoms with Crippen molar-refractivity contribution in [3.63, 3.8) is 0 Å². The van der Waals surface area contributed by atoms with Crippen molar-refractivity contribution in [2.45, 2.75) is 70.1 Å². The van der Waals surface area contributed by atoms with Crippen molar-refractivity contribution >= 4 is 28.8 Å². The van der Waals surface area contributed by atoms with Gasteiger partial charge in [0.2, 0.25) is 0 Å². The second-order valence-corrected chi connectivity index (χ2v) is 10.0. The number of aliphatic hydroxyl groups is 1. The highest BCUT2D eigenvalue weighted by Crippen LogP contribution is 2.41. The number of carbonyl (C=O) groups is 2. The standard InChI is InChI=1S/C28H33N3O5/c1-17-11-12-21-22(30(17)28(35)36-2)13-14-23-26(21)29-25(16-24(32)18-7-4-3-5-8-18)31(23)20-10-6-9-19(15-20)27(33)34/h3-5,7-8,13-14,17,19-20,24,32H,6,9-12,15-16H2,1-2H3,(H,33,34)/t17-,19+,20+,24-/m0/s1. The van der Waals surface area contributed by atoms with E-state index in [2.05, 4.69) is 4.57 Å². The van der Waals surface area contributed by atoms with Crippen LogP contribution in [-0.4, -0.2) is 45.0 Å². The van der Waals surface area contributed by atoms with E-state index in [9.17, 15) is 19.8 Å². The van der Waals surface area contributed by atoms with E-state index >= 15 is 0 Å². The Labute approximate surface area is 210 Å². The summed E-state index contributed by atoms with van der Waals surface area (Å²) < 4.78 is 7.23. The second-order valence-electron chi connectivity index (χ2n) is 10.0. The fraction of sp³-hybridized carbons (Fsp3) is 0.464. The number of carbonyl (C=O) groups excluding carboxylic acids is 1. The maximum atomic E-state index is 12.6. The number of ether oxygens (including phenoxy) is 1. The number of hydrogen-bond donors (Lipinski definition) is 2. The third-order valence-corrected chi connectivity index (χ3v) is 7.82. The molecule has 1 saturated carbocycles. The van der Waals surface area contributed by atoms with Crippen molar-refractivity contribution in [3.05, 3.63) is 59.4 Å². The van der Waals surface area contributed by atoms with Crippen LogP contribution in [0.5, 0.6) is 0 Å². The van der Waals surface area contributed by atoms with Gasteiger partial charge in [-0.1, -0.05) is 36.8 Å². The van der Waals surface area contributed by atoms with Crippen LogP contribution in [0.3, 0.4) is 0 Å². The van der Waals surface area contributed by atoms with Crippen molar-refractivity contribution in [2.75, 3.05) is 12.0 Å². The van der Waals surface area contributed by atoms with E-state index in [1.807, 2.05) is 49.4 Å². The Morgan fingerprint density at radius 2 is 1.92 bits per heavy atom. The van der Waals surface area contributed by atoms with E-state index in [4.69, 9.17) is 9.72 Å². The topological polar surface area (TPSA) is 105 Å². The van der Waals surface area contributed by atoms with Crippen LogP contribution in [0.15, 0.2) is 42.5 Å². The Hall–Kier alpha value is -3.39. The van der Waals surface area contributed by atoms with Crippen LogP contribution in [0, 0.1) is 5.92 Å². The molecule has 1 aliphatic heterocycles. The lowest BCUT2D eigenvalue weighted by Crippen LogP contribution is -2.42. The zero-order valence-electron chi connectivity index (χ0n) is 20.8. The first-order valence-electron chi connectivity index (χ1n) is 12.7. The van der Waals surface area contributed by atoms with Crippen LogP contribution in [0.1, 0.15) is 68.1 Å². The predicted molar refractivity (Wildman–Crippen MR) is 136 cm³/mol. The predicted octanol–water partition coefficient (Wildman–Crippen LogP) is 5.04. The number of rotatable bonds is 5. The summed E-state index contributed by atoms with van der Waals surface area (Å²) in [7, 11) is 1.39. The van der Waals surface area contributed by atoms with Gasteiger partial charge in [0, 0.05) is 24.1 Å². The minimum Gasteiger partial charge on any atom is -0.481 e. The number of aromatic nitrogens is 2.